The lowest BCUT2D eigenvalue weighted by Gasteiger charge is -2.29. The second-order valence-electron chi connectivity index (χ2n) is 10.2. The van der Waals surface area contributed by atoms with Gasteiger partial charge in [0.2, 0.25) is 23.6 Å². The van der Waals surface area contributed by atoms with Gasteiger partial charge >= 0.3 is 12.0 Å². The number of carbonyl (C=O) groups excluding carboxylic acids is 8. The summed E-state index contributed by atoms with van der Waals surface area (Å²) in [6.45, 7) is 1.91. The fourth-order valence-electron chi connectivity index (χ4n) is 4.21. The Balaban J connectivity index is 1.60. The van der Waals surface area contributed by atoms with Crippen molar-refractivity contribution < 1.29 is 43.1 Å². The Labute approximate surface area is 272 Å². The predicted molar refractivity (Wildman–Crippen MR) is 168 cm³/mol. The van der Waals surface area contributed by atoms with Gasteiger partial charge in [-0.15, -0.1) is 23.5 Å². The molecule has 248 valence electrons. The fourth-order valence-corrected chi connectivity index (χ4v) is 6.61. The molecule has 2 atom stereocenters. The minimum Gasteiger partial charge on any atom is -0.459 e. The lowest BCUT2D eigenvalue weighted by molar-refractivity contribution is -0.142. The van der Waals surface area contributed by atoms with Gasteiger partial charge in [0, 0.05) is 37.3 Å². The summed E-state index contributed by atoms with van der Waals surface area (Å²) in [5.74, 6) is -4.66. The number of thioether (sulfide) groups is 2. The standard InChI is InChI=1S/C28H35N7O9S2/c1-15-45-27(46-15)26(42)44-14-16-4-6-17(7-5-16)32-24(40)18(3-2-11-31-28(30)43)34-25(41)19(13-20(29)36)33-21(37)10-12-35-22(38)8-9-23(35)39/h4-9,15,18-19,27H,2-3,10-14H2,1H3,(H2,29,36)(H,32,40)(H,33,37)(H,34,41)(H3,30,31,43)/t15?,18-,19-,27?/m0/s1. The molecule has 46 heavy (non-hydrogen) atoms. The first-order valence-corrected chi connectivity index (χ1v) is 16.0. The number of primary amides is 2. The van der Waals surface area contributed by atoms with Crippen LogP contribution in [0.3, 0.4) is 0 Å². The van der Waals surface area contributed by atoms with E-state index in [2.05, 4.69) is 21.3 Å². The molecule has 0 unspecified atom stereocenters. The molecule has 0 saturated carbocycles. The Kier molecular flexibility index (Phi) is 13.4. The van der Waals surface area contributed by atoms with Gasteiger partial charge in [-0.25, -0.2) is 9.59 Å². The molecule has 1 saturated heterocycles. The number of nitrogens with two attached hydrogens (primary N) is 2. The molecular formula is C28H35N7O9S2. The van der Waals surface area contributed by atoms with Crippen LogP contribution in [0.5, 0.6) is 0 Å². The number of carbonyl (C=O) groups is 8. The van der Waals surface area contributed by atoms with Crippen LogP contribution in [0.4, 0.5) is 10.5 Å². The number of urea groups is 1. The van der Waals surface area contributed by atoms with Crippen LogP contribution < -0.4 is 32.7 Å². The third-order valence-electron chi connectivity index (χ3n) is 6.55. The molecule has 1 fully saturated rings. The van der Waals surface area contributed by atoms with E-state index in [9.17, 15) is 38.4 Å². The van der Waals surface area contributed by atoms with Gasteiger partial charge in [0.25, 0.3) is 11.8 Å². The molecule has 18 heteroatoms. The number of nitrogens with one attached hydrogen (secondary N) is 4. The molecule has 0 radical (unpaired) electrons. The fraction of sp³-hybridized carbons (Fsp3) is 0.429. The van der Waals surface area contributed by atoms with Crippen LogP contribution in [0.15, 0.2) is 36.4 Å². The second kappa shape index (κ2) is 17.2. The van der Waals surface area contributed by atoms with Crippen molar-refractivity contribution in [2.24, 2.45) is 11.5 Å². The van der Waals surface area contributed by atoms with Crippen molar-refractivity contribution in [3.8, 4) is 0 Å². The van der Waals surface area contributed by atoms with Crippen molar-refractivity contribution in [2.75, 3.05) is 18.4 Å². The SMILES string of the molecule is CC1SC(C(=O)OCc2ccc(NC(=O)[C@H](CCCNC(N)=O)NC(=O)[C@H](CC(N)=O)NC(=O)CCN3C(=O)C=CC3=O)cc2)S1. The van der Waals surface area contributed by atoms with Crippen molar-refractivity contribution in [3.63, 3.8) is 0 Å². The lowest BCUT2D eigenvalue weighted by Crippen LogP contribution is -2.54. The Hall–Kier alpha value is -4.58. The van der Waals surface area contributed by atoms with E-state index in [4.69, 9.17) is 16.2 Å². The largest absolute Gasteiger partial charge is 0.459 e. The number of imide groups is 1. The highest BCUT2D eigenvalue weighted by Crippen LogP contribution is 2.47. The average molecular weight is 678 g/mol. The van der Waals surface area contributed by atoms with Gasteiger partial charge in [-0.3, -0.25) is 33.7 Å². The van der Waals surface area contributed by atoms with Crippen molar-refractivity contribution in [1.29, 1.82) is 0 Å². The summed E-state index contributed by atoms with van der Waals surface area (Å²) in [5.41, 5.74) is 11.4. The Bertz CT molecular complexity index is 1370. The first kappa shape index (κ1) is 35.9. The maximum absolute atomic E-state index is 13.2. The first-order chi connectivity index (χ1) is 21.8. The lowest BCUT2D eigenvalue weighted by atomic mass is 10.1. The molecule has 16 nitrogen and oxygen atoms in total. The summed E-state index contributed by atoms with van der Waals surface area (Å²) in [7, 11) is 0. The van der Waals surface area contributed by atoms with E-state index in [0.29, 0.717) is 15.8 Å². The zero-order chi connectivity index (χ0) is 33.8. The minimum absolute atomic E-state index is 0.0329. The summed E-state index contributed by atoms with van der Waals surface area (Å²) < 4.78 is 5.45. The minimum atomic E-state index is -1.46. The number of benzene rings is 1. The molecule has 0 aromatic heterocycles. The van der Waals surface area contributed by atoms with Gasteiger partial charge in [0.15, 0.2) is 0 Å². The van der Waals surface area contributed by atoms with Crippen LogP contribution in [-0.2, 0) is 44.9 Å². The molecule has 2 aliphatic rings. The van der Waals surface area contributed by atoms with Gasteiger partial charge < -0.3 is 37.5 Å². The van der Waals surface area contributed by atoms with Gasteiger partial charge in [-0.1, -0.05) is 12.1 Å². The summed E-state index contributed by atoms with van der Waals surface area (Å²) in [6, 6.07) is 3.09. The van der Waals surface area contributed by atoms with E-state index in [0.717, 1.165) is 17.1 Å². The van der Waals surface area contributed by atoms with E-state index in [1.54, 1.807) is 24.3 Å². The number of anilines is 1. The number of esters is 1. The van der Waals surface area contributed by atoms with Crippen LogP contribution in [0.25, 0.3) is 0 Å². The number of amides is 8. The third kappa shape index (κ3) is 11.4. The topological polar surface area (TPSA) is 249 Å². The van der Waals surface area contributed by atoms with Crippen LogP contribution in [0.2, 0.25) is 0 Å². The molecule has 1 aromatic rings. The quantitative estimate of drug-likeness (QED) is 0.0692. The summed E-state index contributed by atoms with van der Waals surface area (Å²) in [4.78, 5) is 98.0. The number of hydrogen-bond donors (Lipinski definition) is 6. The second-order valence-corrected chi connectivity index (χ2v) is 13.7. The van der Waals surface area contributed by atoms with Gasteiger partial charge in [-0.2, -0.15) is 0 Å². The molecule has 2 aliphatic heterocycles. The predicted octanol–water partition coefficient (Wildman–Crippen LogP) is -0.571. The first-order valence-electron chi connectivity index (χ1n) is 14.1. The summed E-state index contributed by atoms with van der Waals surface area (Å²) in [5, 5.41) is 9.93. The van der Waals surface area contributed by atoms with Gasteiger partial charge in [-0.05, 0) is 37.5 Å². The Morgan fingerprint density at radius 3 is 2.17 bits per heavy atom. The number of hydrogen-bond acceptors (Lipinski definition) is 11. The Morgan fingerprint density at radius 2 is 1.59 bits per heavy atom. The van der Waals surface area contributed by atoms with E-state index in [1.165, 1.54) is 23.5 Å². The van der Waals surface area contributed by atoms with Gasteiger partial charge in [0.1, 0.15) is 23.3 Å². The average Bonchev–Trinajstić information content (AvgIpc) is 3.30. The number of rotatable bonds is 17. The monoisotopic (exact) mass is 677 g/mol. The molecule has 1 aromatic carbocycles. The van der Waals surface area contributed by atoms with Crippen LogP contribution in [0, 0.1) is 0 Å². The molecule has 8 amide bonds. The smallest absolute Gasteiger partial charge is 0.329 e. The zero-order valence-electron chi connectivity index (χ0n) is 24.8. The van der Waals surface area contributed by atoms with E-state index >= 15 is 0 Å². The third-order valence-corrected chi connectivity index (χ3v) is 9.53. The molecule has 3 rings (SSSR count). The van der Waals surface area contributed by atoms with Crippen molar-refractivity contribution in [3.05, 3.63) is 42.0 Å². The maximum atomic E-state index is 13.2. The number of ether oxygens (including phenoxy) is 1. The van der Waals surface area contributed by atoms with E-state index < -0.39 is 60.0 Å². The summed E-state index contributed by atoms with van der Waals surface area (Å²) in [6.07, 6.45) is 1.44. The molecule has 2 heterocycles. The Morgan fingerprint density at radius 1 is 0.935 bits per heavy atom. The van der Waals surface area contributed by atoms with Crippen molar-refractivity contribution >= 4 is 76.7 Å². The molecular weight excluding hydrogens is 642 g/mol. The van der Waals surface area contributed by atoms with E-state index in [1.807, 2.05) is 6.92 Å². The molecule has 0 spiro atoms. The highest BCUT2D eigenvalue weighted by atomic mass is 32.3. The normalized spacial score (nSPS) is 18.2. The number of nitrogens with zero attached hydrogens (tertiary/aromatic N) is 1. The highest BCUT2D eigenvalue weighted by molar-refractivity contribution is 8.34. The summed E-state index contributed by atoms with van der Waals surface area (Å²) >= 11 is 3.05. The van der Waals surface area contributed by atoms with E-state index in [-0.39, 0.29) is 49.5 Å². The van der Waals surface area contributed by atoms with Crippen molar-refractivity contribution in [2.45, 2.75) is 60.5 Å². The van der Waals surface area contributed by atoms with Crippen LogP contribution >= 0.6 is 23.5 Å². The van der Waals surface area contributed by atoms with Crippen LogP contribution in [-0.4, -0.2) is 86.7 Å². The molecule has 0 aliphatic carbocycles. The van der Waals surface area contributed by atoms with Crippen molar-refractivity contribution in [1.82, 2.24) is 20.9 Å². The molecule has 0 bridgehead atoms. The zero-order valence-corrected chi connectivity index (χ0v) is 26.4. The van der Waals surface area contributed by atoms with Gasteiger partial charge in [0.05, 0.1) is 11.0 Å². The molecule has 8 N–H and O–H groups in total. The highest BCUT2D eigenvalue weighted by Gasteiger charge is 2.34. The maximum Gasteiger partial charge on any atom is 0.329 e. The van der Waals surface area contributed by atoms with Crippen LogP contribution in [0.1, 0.15) is 38.2 Å².